The van der Waals surface area contributed by atoms with Crippen LogP contribution in [0.2, 0.25) is 0 Å². The van der Waals surface area contributed by atoms with Crippen LogP contribution in [-0.2, 0) is 0 Å². The van der Waals surface area contributed by atoms with E-state index in [0.717, 1.165) is 18.2 Å². The van der Waals surface area contributed by atoms with Gasteiger partial charge in [-0.1, -0.05) is 52.5 Å². The highest BCUT2D eigenvalue weighted by Crippen LogP contribution is 2.26. The number of pyridine rings is 1. The van der Waals surface area contributed by atoms with E-state index in [-0.39, 0.29) is 0 Å². The van der Waals surface area contributed by atoms with Crippen LogP contribution in [0.5, 0.6) is 0 Å². The summed E-state index contributed by atoms with van der Waals surface area (Å²) in [6.07, 6.45) is 7.66. The molecule has 0 fully saturated rings. The Morgan fingerprint density at radius 1 is 1.15 bits per heavy atom. The van der Waals surface area contributed by atoms with Gasteiger partial charge in [-0.15, -0.1) is 0 Å². The second-order valence-electron chi connectivity index (χ2n) is 5.86. The third-order valence-electron chi connectivity index (χ3n) is 4.02. The molecule has 0 aromatic carbocycles. The van der Waals surface area contributed by atoms with Crippen molar-refractivity contribution >= 4 is 0 Å². The molecule has 2 nitrogen and oxygen atoms in total. The molecule has 0 saturated heterocycles. The van der Waals surface area contributed by atoms with Gasteiger partial charge in [-0.05, 0) is 44.4 Å². The highest BCUT2D eigenvalue weighted by atomic mass is 14.9. The van der Waals surface area contributed by atoms with Gasteiger partial charge in [-0.2, -0.15) is 0 Å². The van der Waals surface area contributed by atoms with Gasteiger partial charge in [0.25, 0.3) is 0 Å². The topological polar surface area (TPSA) is 24.9 Å². The minimum absolute atomic E-state index is 0.414. The van der Waals surface area contributed by atoms with Gasteiger partial charge in [0.2, 0.25) is 0 Å². The summed E-state index contributed by atoms with van der Waals surface area (Å²) in [6, 6.07) is 6.80. The predicted octanol–water partition coefficient (Wildman–Crippen LogP) is 5.04. The van der Waals surface area contributed by atoms with Gasteiger partial charge in [0.05, 0.1) is 5.69 Å². The van der Waals surface area contributed by atoms with E-state index in [9.17, 15) is 0 Å². The maximum Gasteiger partial charge on any atom is 0.0576 e. The second-order valence-corrected chi connectivity index (χ2v) is 5.86. The van der Waals surface area contributed by atoms with Gasteiger partial charge in [0.1, 0.15) is 0 Å². The Balaban J connectivity index is 2.72. The van der Waals surface area contributed by atoms with E-state index in [1.54, 1.807) is 0 Å². The lowest BCUT2D eigenvalue weighted by Gasteiger charge is -2.24. The SMILES string of the molecule is CCCCC(CC)CC(NCCC)c1cccc(C)n1. The largest absolute Gasteiger partial charge is 0.309 e. The van der Waals surface area contributed by atoms with Crippen molar-refractivity contribution in [3.63, 3.8) is 0 Å². The minimum Gasteiger partial charge on any atom is -0.309 e. The fraction of sp³-hybridized carbons (Fsp3) is 0.722. The number of nitrogens with one attached hydrogen (secondary N) is 1. The first-order valence-electron chi connectivity index (χ1n) is 8.38. The number of unbranched alkanes of at least 4 members (excludes halogenated alkanes) is 1. The predicted molar refractivity (Wildman–Crippen MR) is 87.9 cm³/mol. The lowest BCUT2D eigenvalue weighted by atomic mass is 9.90. The van der Waals surface area contributed by atoms with Crippen molar-refractivity contribution in [2.24, 2.45) is 5.92 Å². The zero-order valence-corrected chi connectivity index (χ0v) is 13.8. The third kappa shape index (κ3) is 6.04. The number of aromatic nitrogens is 1. The lowest BCUT2D eigenvalue weighted by Crippen LogP contribution is -2.25. The summed E-state index contributed by atoms with van der Waals surface area (Å²) in [5, 5.41) is 3.69. The van der Waals surface area contributed by atoms with E-state index in [2.05, 4.69) is 51.2 Å². The van der Waals surface area contributed by atoms with Crippen LogP contribution >= 0.6 is 0 Å². The first kappa shape index (κ1) is 17.2. The maximum atomic E-state index is 4.73. The zero-order chi connectivity index (χ0) is 14.8. The monoisotopic (exact) mass is 276 g/mol. The number of nitrogens with zero attached hydrogens (tertiary/aromatic N) is 1. The quantitative estimate of drug-likeness (QED) is 0.648. The fourth-order valence-corrected chi connectivity index (χ4v) is 2.70. The first-order valence-corrected chi connectivity index (χ1v) is 8.38. The Hall–Kier alpha value is -0.890. The average Bonchev–Trinajstić information content (AvgIpc) is 2.46. The number of hydrogen-bond acceptors (Lipinski definition) is 2. The molecule has 1 aromatic rings. The molecule has 2 unspecified atom stereocenters. The molecular formula is C18H32N2. The number of rotatable bonds is 10. The van der Waals surface area contributed by atoms with Gasteiger partial charge >= 0.3 is 0 Å². The van der Waals surface area contributed by atoms with Crippen LogP contribution in [0.25, 0.3) is 0 Å². The summed E-state index contributed by atoms with van der Waals surface area (Å²) in [7, 11) is 0. The highest BCUT2D eigenvalue weighted by Gasteiger charge is 2.17. The van der Waals surface area contributed by atoms with Gasteiger partial charge < -0.3 is 5.32 Å². The Bertz CT molecular complexity index is 362. The summed E-state index contributed by atoms with van der Waals surface area (Å²) in [6.45, 7) is 9.98. The molecule has 0 aliphatic heterocycles. The van der Waals surface area contributed by atoms with Gasteiger partial charge in [-0.3, -0.25) is 4.98 Å². The van der Waals surface area contributed by atoms with Gasteiger partial charge in [0.15, 0.2) is 0 Å². The number of hydrogen-bond donors (Lipinski definition) is 1. The molecule has 0 saturated carbocycles. The van der Waals surface area contributed by atoms with Gasteiger partial charge in [-0.25, -0.2) is 0 Å². The van der Waals surface area contributed by atoms with Crippen molar-refractivity contribution in [1.29, 1.82) is 0 Å². The molecule has 0 bridgehead atoms. The summed E-state index contributed by atoms with van der Waals surface area (Å²) in [4.78, 5) is 4.73. The average molecular weight is 276 g/mol. The molecule has 20 heavy (non-hydrogen) atoms. The van der Waals surface area contributed by atoms with E-state index < -0.39 is 0 Å². The molecule has 1 heterocycles. The van der Waals surface area contributed by atoms with Crippen LogP contribution in [0.15, 0.2) is 18.2 Å². The van der Waals surface area contributed by atoms with Crippen molar-refractivity contribution in [3.8, 4) is 0 Å². The molecule has 1 aromatic heterocycles. The van der Waals surface area contributed by atoms with Crippen molar-refractivity contribution in [2.75, 3.05) is 6.54 Å². The van der Waals surface area contributed by atoms with E-state index >= 15 is 0 Å². The lowest BCUT2D eigenvalue weighted by molar-refractivity contribution is 0.349. The summed E-state index contributed by atoms with van der Waals surface area (Å²) < 4.78 is 0. The molecule has 0 aliphatic rings. The van der Waals surface area contributed by atoms with Crippen LogP contribution in [0.3, 0.4) is 0 Å². The molecule has 0 spiro atoms. The highest BCUT2D eigenvalue weighted by molar-refractivity contribution is 5.13. The third-order valence-corrected chi connectivity index (χ3v) is 4.02. The molecule has 0 aliphatic carbocycles. The summed E-state index contributed by atoms with van der Waals surface area (Å²) in [5.74, 6) is 0.812. The van der Waals surface area contributed by atoms with E-state index in [0.29, 0.717) is 6.04 Å². The van der Waals surface area contributed by atoms with Crippen LogP contribution < -0.4 is 5.32 Å². The van der Waals surface area contributed by atoms with E-state index in [4.69, 9.17) is 4.98 Å². The Labute approximate surface area is 125 Å². The van der Waals surface area contributed by atoms with Crippen LogP contribution in [0.4, 0.5) is 0 Å². The molecule has 0 amide bonds. The number of aryl methyl sites for hydroxylation is 1. The van der Waals surface area contributed by atoms with Crippen molar-refractivity contribution < 1.29 is 0 Å². The molecule has 2 heteroatoms. The van der Waals surface area contributed by atoms with Crippen molar-refractivity contribution in [3.05, 3.63) is 29.6 Å². The second kappa shape index (κ2) is 9.93. The first-order chi connectivity index (χ1) is 9.71. The Morgan fingerprint density at radius 2 is 1.95 bits per heavy atom. The van der Waals surface area contributed by atoms with Crippen molar-refractivity contribution in [2.45, 2.75) is 72.3 Å². The molecule has 0 radical (unpaired) electrons. The summed E-state index contributed by atoms with van der Waals surface area (Å²) >= 11 is 0. The van der Waals surface area contributed by atoms with E-state index in [1.165, 1.54) is 44.2 Å². The van der Waals surface area contributed by atoms with E-state index in [1.807, 2.05) is 0 Å². The van der Waals surface area contributed by atoms with Crippen LogP contribution in [-0.4, -0.2) is 11.5 Å². The molecule has 1 N–H and O–H groups in total. The minimum atomic E-state index is 0.414. The Kier molecular flexibility index (Phi) is 8.52. The van der Waals surface area contributed by atoms with Crippen LogP contribution in [0, 0.1) is 12.8 Å². The Morgan fingerprint density at radius 3 is 2.55 bits per heavy atom. The maximum absolute atomic E-state index is 4.73. The smallest absolute Gasteiger partial charge is 0.0576 e. The standard InChI is InChI=1S/C18H32N2/c1-5-8-11-16(7-3)14-18(19-13-6-2)17-12-9-10-15(4)20-17/h9-10,12,16,18-19H,5-8,11,13-14H2,1-4H3. The van der Waals surface area contributed by atoms with Crippen molar-refractivity contribution in [1.82, 2.24) is 10.3 Å². The fourth-order valence-electron chi connectivity index (χ4n) is 2.70. The molecule has 2 atom stereocenters. The van der Waals surface area contributed by atoms with Gasteiger partial charge in [0, 0.05) is 11.7 Å². The molecule has 1 rings (SSSR count). The summed E-state index contributed by atoms with van der Waals surface area (Å²) in [5.41, 5.74) is 2.33. The zero-order valence-electron chi connectivity index (χ0n) is 13.8. The molecule has 114 valence electrons. The normalized spacial score (nSPS) is 14.2. The molecular weight excluding hydrogens is 244 g/mol. The van der Waals surface area contributed by atoms with Crippen LogP contribution in [0.1, 0.15) is 76.7 Å².